The second-order valence-corrected chi connectivity index (χ2v) is 19.4. The molecule has 0 saturated carbocycles. The van der Waals surface area contributed by atoms with Gasteiger partial charge < -0.3 is 55.7 Å². The van der Waals surface area contributed by atoms with Crippen molar-refractivity contribution in [2.75, 3.05) is 38.2 Å². The van der Waals surface area contributed by atoms with Crippen LogP contribution in [0.4, 0.5) is 24.2 Å². The highest BCUT2D eigenvalue weighted by molar-refractivity contribution is 8.07. The van der Waals surface area contributed by atoms with Crippen molar-refractivity contribution >= 4 is 61.4 Å². The number of aliphatic hydroxyl groups excluding tert-OH is 1. The van der Waals surface area contributed by atoms with Crippen LogP contribution in [0.3, 0.4) is 0 Å². The smallest absolute Gasteiger partial charge is 0.448 e. The van der Waals surface area contributed by atoms with Crippen LogP contribution in [0.25, 0.3) is 11.2 Å². The van der Waals surface area contributed by atoms with E-state index < -0.39 is 125 Å². The van der Waals surface area contributed by atoms with Gasteiger partial charge in [0.2, 0.25) is 5.91 Å². The molecule has 3 aromatic rings. The van der Waals surface area contributed by atoms with E-state index >= 15 is 8.78 Å². The lowest BCUT2D eigenvalue weighted by molar-refractivity contribution is -0.125. The molecule has 3 aliphatic heterocycles. The Morgan fingerprint density at radius 3 is 2.36 bits per heavy atom. The van der Waals surface area contributed by atoms with Crippen LogP contribution in [0.15, 0.2) is 34.5 Å². The van der Waals surface area contributed by atoms with Crippen molar-refractivity contribution in [3.8, 4) is 0 Å². The SMILES string of the molecule is CC(C)C(N)C(=O)NC(CCCNC(N)=O)C(O)NCCOC(=O)Nc1ncnc2c1ncn2[C@@H]1O[C@@H]2COP(O)(=S)O[C@H]3[C@@H](F)[C@H](n4ccc(=O)[nH]c4=O)O[C@@H]3COP(=O)(O)O[C@H]2[C@H]1F. The zero-order valence-corrected chi connectivity index (χ0v) is 37.4. The molecule has 12 N–H and O–H groups in total. The highest BCUT2D eigenvalue weighted by atomic mass is 32.5. The lowest BCUT2D eigenvalue weighted by Crippen LogP contribution is -2.55. The van der Waals surface area contributed by atoms with Crippen LogP contribution in [-0.2, 0) is 53.5 Å². The molecule has 3 saturated heterocycles. The van der Waals surface area contributed by atoms with Gasteiger partial charge in [-0.05, 0) is 30.6 Å². The lowest BCUT2D eigenvalue weighted by Gasteiger charge is -2.28. The Balaban J connectivity index is 1.08. The molecule has 0 spiro atoms. The quantitative estimate of drug-likeness (QED) is 0.0463. The third kappa shape index (κ3) is 12.5. The predicted octanol–water partition coefficient (Wildman–Crippen LogP) is -1.64. The fraction of sp³-hybridized carbons (Fsp3) is 0.636. The number of rotatable bonds is 15. The van der Waals surface area contributed by atoms with E-state index in [1.807, 2.05) is 4.98 Å². The first-order valence-electron chi connectivity index (χ1n) is 20.0. The van der Waals surface area contributed by atoms with Crippen LogP contribution >= 0.6 is 14.5 Å². The number of anilines is 1. The van der Waals surface area contributed by atoms with Crippen LogP contribution in [0.1, 0.15) is 39.1 Å². The zero-order valence-electron chi connectivity index (χ0n) is 34.8. The van der Waals surface area contributed by atoms with E-state index in [1.165, 1.54) is 0 Å². The number of ether oxygens (including phenoxy) is 3. The summed E-state index contributed by atoms with van der Waals surface area (Å²) in [5.74, 6) is -0.913. The third-order valence-corrected chi connectivity index (χ3v) is 12.8. The Morgan fingerprint density at radius 1 is 1.03 bits per heavy atom. The first-order valence-corrected chi connectivity index (χ1v) is 24.1. The number of phosphoric ester groups is 1. The molecule has 13 atom stereocenters. The number of amides is 4. The van der Waals surface area contributed by atoms with Crippen LogP contribution in [0.2, 0.25) is 0 Å². The van der Waals surface area contributed by atoms with Crippen molar-refractivity contribution in [3.05, 3.63) is 45.8 Å². The van der Waals surface area contributed by atoms with E-state index in [0.717, 1.165) is 29.5 Å². The fourth-order valence-electron chi connectivity index (χ4n) is 6.87. The number of fused-ring (bicyclic) bond motifs is 3. The van der Waals surface area contributed by atoms with E-state index in [9.17, 15) is 43.4 Å². The van der Waals surface area contributed by atoms with Crippen molar-refractivity contribution in [1.82, 2.24) is 45.0 Å². The first-order chi connectivity index (χ1) is 31.1. The number of carbonyl (C=O) groups excluding carboxylic acids is 3. The second-order valence-electron chi connectivity index (χ2n) is 15.2. The Hall–Kier alpha value is -4.46. The Kier molecular flexibility index (Phi) is 16.7. The van der Waals surface area contributed by atoms with Crippen molar-refractivity contribution in [1.29, 1.82) is 0 Å². The van der Waals surface area contributed by atoms with E-state index in [4.69, 9.17) is 55.6 Å². The number of carbonyl (C=O) groups is 3. The maximum absolute atomic E-state index is 16.4. The number of urea groups is 1. The van der Waals surface area contributed by atoms with E-state index in [2.05, 4.69) is 36.2 Å². The maximum atomic E-state index is 16.4. The number of H-pyrrole nitrogens is 1. The number of halogens is 2. The summed E-state index contributed by atoms with van der Waals surface area (Å²) in [5.41, 5.74) is 8.95. The molecular weight excluding hydrogens is 952 g/mol. The summed E-state index contributed by atoms with van der Waals surface area (Å²) in [7, 11) is -5.27. The van der Waals surface area contributed by atoms with Gasteiger partial charge in [0.25, 0.3) is 5.56 Å². The molecule has 0 aliphatic carbocycles. The monoisotopic (exact) mass is 1000 g/mol. The van der Waals surface area contributed by atoms with E-state index in [0.29, 0.717) is 11.0 Å². The van der Waals surface area contributed by atoms with E-state index in [-0.39, 0.29) is 49.0 Å². The third-order valence-electron chi connectivity index (χ3n) is 10.2. The largest absolute Gasteiger partial charge is 0.472 e. The zero-order chi connectivity index (χ0) is 48.1. The molecule has 0 radical (unpaired) electrons. The van der Waals surface area contributed by atoms with Crippen molar-refractivity contribution in [2.24, 2.45) is 17.4 Å². The van der Waals surface area contributed by atoms with Crippen molar-refractivity contribution in [2.45, 2.75) is 94.2 Å². The van der Waals surface area contributed by atoms with Gasteiger partial charge in [-0.3, -0.25) is 47.9 Å². The average Bonchev–Trinajstić information content (AvgIpc) is 3.90. The summed E-state index contributed by atoms with van der Waals surface area (Å²) in [6, 6.07) is -1.55. The number of phosphoric acid groups is 1. The molecule has 33 heteroatoms. The Labute approximate surface area is 376 Å². The van der Waals surface area contributed by atoms with Gasteiger partial charge in [-0.2, -0.15) is 0 Å². The van der Waals surface area contributed by atoms with Gasteiger partial charge in [0.15, 0.2) is 41.8 Å². The van der Waals surface area contributed by atoms with E-state index in [1.54, 1.807) is 13.8 Å². The van der Waals surface area contributed by atoms with Crippen LogP contribution in [0.5, 0.6) is 0 Å². The van der Waals surface area contributed by atoms with Gasteiger partial charge in [-0.25, -0.2) is 42.7 Å². The van der Waals surface area contributed by atoms with Crippen molar-refractivity contribution in [3.63, 3.8) is 0 Å². The Bertz CT molecular complexity index is 2440. The molecule has 0 aromatic carbocycles. The first kappa shape index (κ1) is 50.9. The molecule has 6 rings (SSSR count). The minimum atomic E-state index is -5.27. The second kappa shape index (κ2) is 21.7. The average molecular weight is 1000 g/mol. The molecule has 3 fully saturated rings. The summed E-state index contributed by atoms with van der Waals surface area (Å²) in [5, 5.41) is 21.0. The number of nitrogens with one attached hydrogen (secondary N) is 5. The highest BCUT2D eigenvalue weighted by Crippen LogP contribution is 2.54. The van der Waals surface area contributed by atoms with Gasteiger partial charge in [0.1, 0.15) is 43.6 Å². The number of aromatic amines is 1. The summed E-state index contributed by atoms with van der Waals surface area (Å²) in [6.07, 6.45) is -14.1. The number of hydrogen-bond donors (Lipinski definition) is 10. The lowest BCUT2D eigenvalue weighted by atomic mass is 10.0. The minimum absolute atomic E-state index is 0.101. The molecule has 5 unspecified atom stereocenters. The number of aliphatic hydroxyl groups is 1. The number of nitrogens with two attached hydrogens (primary N) is 2. The normalized spacial score (nSPS) is 30.6. The van der Waals surface area contributed by atoms with Gasteiger partial charge in [-0.1, -0.05) is 13.8 Å². The topological polar surface area (TPSA) is 392 Å². The summed E-state index contributed by atoms with van der Waals surface area (Å²) in [4.78, 5) is 96.2. The van der Waals surface area contributed by atoms with Crippen LogP contribution < -0.4 is 44.0 Å². The number of alkyl halides is 2. The predicted molar refractivity (Wildman–Crippen MR) is 223 cm³/mol. The van der Waals surface area contributed by atoms with Gasteiger partial charge in [0, 0.05) is 25.4 Å². The van der Waals surface area contributed by atoms with Gasteiger partial charge >= 0.3 is 32.4 Å². The molecule has 6 heterocycles. The molecule has 28 nitrogen and oxygen atoms in total. The molecule has 66 heavy (non-hydrogen) atoms. The number of hydrogen-bond acceptors (Lipinski definition) is 20. The summed E-state index contributed by atoms with van der Waals surface area (Å²) >= 11 is 5.09. The Morgan fingerprint density at radius 2 is 1.70 bits per heavy atom. The van der Waals surface area contributed by atoms with Gasteiger partial charge in [-0.15, -0.1) is 0 Å². The fourth-order valence-corrected chi connectivity index (χ4v) is 9.26. The maximum Gasteiger partial charge on any atom is 0.472 e. The summed E-state index contributed by atoms with van der Waals surface area (Å²) in [6.45, 7) is -3.05. The molecule has 3 aromatic heterocycles. The molecular formula is C33H48F2N12O16P2S. The number of imidazole rings is 1. The van der Waals surface area contributed by atoms with Crippen molar-refractivity contribution < 1.29 is 74.9 Å². The van der Waals surface area contributed by atoms with Crippen LogP contribution in [-0.4, -0.2) is 150 Å². The highest BCUT2D eigenvalue weighted by Gasteiger charge is 2.54. The van der Waals surface area contributed by atoms with Gasteiger partial charge in [0.05, 0.1) is 31.6 Å². The number of nitrogens with zero attached hydrogens (tertiary/aromatic N) is 5. The minimum Gasteiger partial charge on any atom is -0.448 e. The van der Waals surface area contributed by atoms with Crippen LogP contribution in [0, 0.1) is 5.92 Å². The number of primary amides is 1. The molecule has 366 valence electrons. The molecule has 3 aliphatic rings. The number of aromatic nitrogens is 6. The molecule has 4 amide bonds. The summed E-state index contributed by atoms with van der Waals surface area (Å²) < 4.78 is 84.8. The molecule has 0 bridgehead atoms. The standard InChI is InChI=1S/C33H48F2N12O16P2S/c1-14(2)21(36)28(50)43-15(4-3-6-39-31(37)51)27(49)38-7-9-57-33(53)45-25-22-26(41-12-40-25)47(13-42-22)30-19(34)23-17(61-30)11-59-65(56,66)63-24-16(10-58-64(54,55)62-23)60-29(20(24)35)46-8-5-18(48)44-32(46)52/h5,8,12-17,19-21,23-24,27,29-30,38,49H,3-4,6-7,9-11,36H2,1-2H3,(H,43,50)(H,54,55)(H,56,66)(H3,37,39,51)(H,44,48,52)(H,40,41,45,53)/t15?,16-,17-,19-,20-,21?,23-,24-,27?,29-,30-,65?/m1/s1.